The molecule has 210 valence electrons. The Balaban J connectivity index is 1.60. The molecular formula is C36H44N2O2. The van der Waals surface area contributed by atoms with Crippen molar-refractivity contribution in [3.63, 3.8) is 0 Å². The average molecular weight is 537 g/mol. The van der Waals surface area contributed by atoms with Gasteiger partial charge in [0.25, 0.3) is 0 Å². The number of aromatic hydroxyl groups is 2. The van der Waals surface area contributed by atoms with Crippen molar-refractivity contribution in [3.05, 3.63) is 119 Å². The van der Waals surface area contributed by atoms with Crippen LogP contribution >= 0.6 is 0 Å². The van der Waals surface area contributed by atoms with E-state index < -0.39 is 0 Å². The molecule has 0 aromatic heterocycles. The van der Waals surface area contributed by atoms with Gasteiger partial charge in [-0.2, -0.15) is 0 Å². The molecule has 0 amide bonds. The zero-order valence-electron chi connectivity index (χ0n) is 24.9. The Morgan fingerprint density at radius 1 is 0.475 bits per heavy atom. The topological polar surface area (TPSA) is 46.9 Å². The minimum Gasteiger partial charge on any atom is -0.506 e. The molecule has 0 saturated carbocycles. The van der Waals surface area contributed by atoms with Gasteiger partial charge in [0.05, 0.1) is 11.4 Å². The van der Waals surface area contributed by atoms with Crippen LogP contribution in [0.3, 0.4) is 0 Å². The van der Waals surface area contributed by atoms with Crippen LogP contribution in [0.25, 0.3) is 0 Å². The van der Waals surface area contributed by atoms with Crippen LogP contribution in [0.15, 0.2) is 97.1 Å². The summed E-state index contributed by atoms with van der Waals surface area (Å²) in [6, 6.07) is 32.6. The third-order valence-electron chi connectivity index (χ3n) is 7.47. The van der Waals surface area contributed by atoms with Crippen molar-refractivity contribution in [1.82, 2.24) is 0 Å². The molecule has 0 aliphatic rings. The normalized spacial score (nSPS) is 11.8. The maximum absolute atomic E-state index is 10.8. The summed E-state index contributed by atoms with van der Waals surface area (Å²) in [5, 5.41) is 21.5. The molecule has 0 radical (unpaired) electrons. The minimum atomic E-state index is 0.0964. The van der Waals surface area contributed by atoms with E-state index in [4.69, 9.17) is 0 Å². The fraction of sp³-hybridized carbons (Fsp3) is 0.333. The fourth-order valence-corrected chi connectivity index (χ4v) is 4.94. The van der Waals surface area contributed by atoms with Crippen molar-refractivity contribution in [1.29, 1.82) is 0 Å². The van der Waals surface area contributed by atoms with Gasteiger partial charge in [0.1, 0.15) is 11.5 Å². The van der Waals surface area contributed by atoms with E-state index in [1.165, 1.54) is 22.3 Å². The summed E-state index contributed by atoms with van der Waals surface area (Å²) in [6.45, 7) is 16.0. The number of phenolic OH excluding ortho intramolecular Hbond substituents is 2. The standard InChI is InChI=1S/C36H44N2O2/c1-35(2,3)29-19-15-27(16-20-29)25-37(31-11-7-9-13-33(31)39)23-24-38(32-12-8-10-14-34(32)40)26-28-17-21-30(22-18-28)36(4,5)6/h7-22,39-40H,23-26H2,1-6H3. The van der Waals surface area contributed by atoms with Crippen molar-refractivity contribution in [3.8, 4) is 11.5 Å². The van der Waals surface area contributed by atoms with Crippen molar-refractivity contribution in [2.45, 2.75) is 65.5 Å². The Labute approximate surface area is 240 Å². The molecule has 2 N–H and O–H groups in total. The lowest BCUT2D eigenvalue weighted by Crippen LogP contribution is -2.35. The SMILES string of the molecule is CC(C)(C)c1ccc(CN(CCN(Cc2ccc(C(C)(C)C)cc2)c2ccccc2O)c2ccccc2O)cc1. The monoisotopic (exact) mass is 536 g/mol. The number of hydrogen-bond acceptors (Lipinski definition) is 4. The number of anilines is 2. The first-order valence-electron chi connectivity index (χ1n) is 14.2. The number of phenols is 2. The molecule has 4 nitrogen and oxygen atoms in total. The second-order valence-corrected chi connectivity index (χ2v) is 12.7. The maximum atomic E-state index is 10.8. The fourth-order valence-electron chi connectivity index (χ4n) is 4.94. The molecule has 0 bridgehead atoms. The first-order chi connectivity index (χ1) is 18.9. The van der Waals surface area contributed by atoms with E-state index in [9.17, 15) is 10.2 Å². The third-order valence-corrected chi connectivity index (χ3v) is 7.47. The van der Waals surface area contributed by atoms with E-state index in [0.717, 1.165) is 11.4 Å². The Hall–Kier alpha value is -3.92. The maximum Gasteiger partial charge on any atom is 0.138 e. The second-order valence-electron chi connectivity index (χ2n) is 12.7. The van der Waals surface area contributed by atoms with E-state index >= 15 is 0 Å². The summed E-state index contributed by atoms with van der Waals surface area (Å²) in [5.74, 6) is 0.529. The molecule has 0 heterocycles. The van der Waals surface area contributed by atoms with Gasteiger partial charge >= 0.3 is 0 Å². The van der Waals surface area contributed by atoms with Gasteiger partial charge in [-0.05, 0) is 57.3 Å². The van der Waals surface area contributed by atoms with Gasteiger partial charge in [0, 0.05) is 26.2 Å². The second kappa shape index (κ2) is 12.1. The van der Waals surface area contributed by atoms with Gasteiger partial charge in [-0.3, -0.25) is 0 Å². The van der Waals surface area contributed by atoms with Crippen molar-refractivity contribution in [2.75, 3.05) is 22.9 Å². The molecule has 4 aromatic carbocycles. The summed E-state index contributed by atoms with van der Waals surface area (Å²) >= 11 is 0. The predicted octanol–water partition coefficient (Wildman–Crippen LogP) is 8.41. The molecular weight excluding hydrogens is 492 g/mol. The summed E-state index contributed by atoms with van der Waals surface area (Å²) in [5.41, 5.74) is 6.76. The molecule has 0 aliphatic heterocycles. The van der Waals surface area contributed by atoms with Crippen LogP contribution in [0.4, 0.5) is 11.4 Å². The van der Waals surface area contributed by atoms with Gasteiger partial charge in [-0.25, -0.2) is 0 Å². The average Bonchev–Trinajstić information content (AvgIpc) is 2.90. The van der Waals surface area contributed by atoms with Crippen molar-refractivity contribution >= 4 is 11.4 Å². The van der Waals surface area contributed by atoms with Gasteiger partial charge in [0.2, 0.25) is 0 Å². The summed E-state index contributed by atoms with van der Waals surface area (Å²) in [7, 11) is 0. The molecule has 0 spiro atoms. The Kier molecular flexibility index (Phi) is 8.78. The van der Waals surface area contributed by atoms with E-state index in [-0.39, 0.29) is 22.3 Å². The number of nitrogens with zero attached hydrogens (tertiary/aromatic N) is 2. The van der Waals surface area contributed by atoms with Crippen LogP contribution in [0.2, 0.25) is 0 Å². The lowest BCUT2D eigenvalue weighted by Gasteiger charge is -2.32. The highest BCUT2D eigenvalue weighted by atomic mass is 16.3. The smallest absolute Gasteiger partial charge is 0.138 e. The van der Waals surface area contributed by atoms with E-state index in [2.05, 4.69) is 99.9 Å². The quantitative estimate of drug-likeness (QED) is 0.225. The summed E-state index contributed by atoms with van der Waals surface area (Å²) < 4.78 is 0. The van der Waals surface area contributed by atoms with Crippen LogP contribution in [0.1, 0.15) is 63.8 Å². The first-order valence-corrected chi connectivity index (χ1v) is 14.2. The van der Waals surface area contributed by atoms with Crippen LogP contribution in [-0.4, -0.2) is 23.3 Å². The van der Waals surface area contributed by atoms with Crippen LogP contribution in [0, 0.1) is 0 Å². The van der Waals surface area contributed by atoms with Gasteiger partial charge in [0.15, 0.2) is 0 Å². The zero-order chi connectivity index (χ0) is 28.9. The molecule has 40 heavy (non-hydrogen) atoms. The summed E-state index contributed by atoms with van der Waals surface area (Å²) in [4.78, 5) is 4.44. The Bertz CT molecular complexity index is 1270. The lowest BCUT2D eigenvalue weighted by atomic mass is 9.86. The highest BCUT2D eigenvalue weighted by molar-refractivity contribution is 5.60. The highest BCUT2D eigenvalue weighted by Crippen LogP contribution is 2.32. The molecule has 0 saturated heterocycles. The van der Waals surface area contributed by atoms with Crippen LogP contribution in [-0.2, 0) is 23.9 Å². The van der Waals surface area contributed by atoms with E-state index in [0.29, 0.717) is 26.2 Å². The predicted molar refractivity (Wildman–Crippen MR) is 169 cm³/mol. The van der Waals surface area contributed by atoms with Crippen molar-refractivity contribution in [2.24, 2.45) is 0 Å². The molecule has 4 heteroatoms. The zero-order valence-corrected chi connectivity index (χ0v) is 24.9. The number of benzene rings is 4. The molecule has 0 aliphatic carbocycles. The van der Waals surface area contributed by atoms with E-state index in [1.807, 2.05) is 36.4 Å². The number of hydrogen-bond donors (Lipinski definition) is 2. The Morgan fingerprint density at radius 3 is 1.10 bits per heavy atom. The lowest BCUT2D eigenvalue weighted by molar-refractivity contribution is 0.471. The van der Waals surface area contributed by atoms with Crippen LogP contribution in [0.5, 0.6) is 11.5 Å². The Morgan fingerprint density at radius 2 is 0.800 bits per heavy atom. The molecule has 0 fully saturated rings. The van der Waals surface area contributed by atoms with Gasteiger partial charge in [-0.15, -0.1) is 0 Å². The third kappa shape index (κ3) is 7.38. The first kappa shape index (κ1) is 29.1. The largest absolute Gasteiger partial charge is 0.506 e. The number of rotatable bonds is 9. The van der Waals surface area contributed by atoms with Gasteiger partial charge < -0.3 is 20.0 Å². The summed E-state index contributed by atoms with van der Waals surface area (Å²) in [6.07, 6.45) is 0. The van der Waals surface area contributed by atoms with Gasteiger partial charge in [-0.1, -0.05) is 114 Å². The van der Waals surface area contributed by atoms with Crippen LogP contribution < -0.4 is 9.80 Å². The van der Waals surface area contributed by atoms with Crippen molar-refractivity contribution < 1.29 is 10.2 Å². The number of para-hydroxylation sites is 4. The highest BCUT2D eigenvalue weighted by Gasteiger charge is 2.19. The van der Waals surface area contributed by atoms with E-state index in [1.54, 1.807) is 12.1 Å². The molecule has 4 rings (SSSR count). The molecule has 0 unspecified atom stereocenters. The molecule has 0 atom stereocenters. The minimum absolute atomic E-state index is 0.0964. The molecule has 4 aromatic rings.